The Hall–Kier alpha value is -0.0600. The molecule has 1 N–H and O–H groups in total. The zero-order chi connectivity index (χ0) is 12.0. The summed E-state index contributed by atoms with van der Waals surface area (Å²) in [6.45, 7) is 7.67. The molecule has 0 aromatic carbocycles. The molecule has 0 fully saturated rings. The molecule has 1 atom stereocenters. The van der Waals surface area contributed by atoms with E-state index >= 15 is 0 Å². The Balaban J connectivity index is 2.52. The molecule has 0 spiro atoms. The van der Waals surface area contributed by atoms with E-state index < -0.39 is 0 Å². The molecule has 90 valence electrons. The van der Waals surface area contributed by atoms with E-state index in [0.717, 1.165) is 21.8 Å². The van der Waals surface area contributed by atoms with Crippen LogP contribution in [0.15, 0.2) is 27.8 Å². The Morgan fingerprint density at radius 3 is 2.81 bits per heavy atom. The Morgan fingerprint density at radius 1 is 1.50 bits per heavy atom. The van der Waals surface area contributed by atoms with Crippen molar-refractivity contribution in [1.29, 1.82) is 0 Å². The molecule has 1 aromatic rings. The van der Waals surface area contributed by atoms with E-state index in [0.29, 0.717) is 12.0 Å². The molecule has 0 aliphatic carbocycles. The number of hydrogen-bond acceptors (Lipinski definition) is 3. The topological polar surface area (TPSA) is 24.9 Å². The molecule has 0 radical (unpaired) electrons. The minimum atomic E-state index is 0.545. The highest BCUT2D eigenvalue weighted by Gasteiger charge is 2.13. The quantitative estimate of drug-likeness (QED) is 0.813. The van der Waals surface area contributed by atoms with Crippen molar-refractivity contribution in [2.75, 3.05) is 12.3 Å². The molecule has 1 unspecified atom stereocenters. The lowest BCUT2D eigenvalue weighted by atomic mass is 10.1. The maximum Gasteiger partial charge on any atom is 0.110 e. The predicted molar refractivity (Wildman–Crippen MR) is 75.0 cm³/mol. The highest BCUT2D eigenvalue weighted by atomic mass is 79.9. The van der Waals surface area contributed by atoms with Crippen molar-refractivity contribution < 1.29 is 0 Å². The van der Waals surface area contributed by atoms with Crippen molar-refractivity contribution in [2.24, 2.45) is 5.92 Å². The molecule has 0 saturated heterocycles. The molecule has 0 amide bonds. The number of aromatic nitrogens is 1. The molecule has 1 heterocycles. The molecular formula is C12H19BrN2S. The summed E-state index contributed by atoms with van der Waals surface area (Å²) >= 11 is 5.32. The van der Waals surface area contributed by atoms with Gasteiger partial charge in [-0.15, -0.1) is 11.8 Å². The molecule has 16 heavy (non-hydrogen) atoms. The predicted octanol–water partition coefficient (Wildman–Crippen LogP) is 3.57. The summed E-state index contributed by atoms with van der Waals surface area (Å²) in [6.07, 6.45) is 1.84. The largest absolute Gasteiger partial charge is 0.313 e. The summed E-state index contributed by atoms with van der Waals surface area (Å²) < 4.78 is 1.08. The minimum Gasteiger partial charge on any atom is -0.313 e. The molecule has 1 rings (SSSR count). The van der Waals surface area contributed by atoms with E-state index in [1.54, 1.807) is 11.8 Å². The molecule has 0 saturated carbocycles. The van der Waals surface area contributed by atoms with E-state index in [9.17, 15) is 0 Å². The highest BCUT2D eigenvalue weighted by Crippen LogP contribution is 2.26. The second-order valence-corrected chi connectivity index (χ2v) is 5.87. The number of pyridine rings is 1. The lowest BCUT2D eigenvalue weighted by Gasteiger charge is -2.21. The van der Waals surface area contributed by atoms with Gasteiger partial charge in [0.05, 0.1) is 0 Å². The number of nitrogens with zero attached hydrogens (tertiary/aromatic N) is 1. The van der Waals surface area contributed by atoms with Crippen molar-refractivity contribution in [1.82, 2.24) is 10.3 Å². The summed E-state index contributed by atoms with van der Waals surface area (Å²) in [6, 6.07) is 4.52. The first-order chi connectivity index (χ1) is 7.65. The monoisotopic (exact) mass is 302 g/mol. The van der Waals surface area contributed by atoms with Crippen LogP contribution >= 0.6 is 27.7 Å². The normalized spacial score (nSPS) is 13.1. The van der Waals surface area contributed by atoms with Gasteiger partial charge in [0.15, 0.2) is 0 Å². The van der Waals surface area contributed by atoms with Crippen molar-refractivity contribution in [3.8, 4) is 0 Å². The maximum atomic E-state index is 4.36. The first kappa shape index (κ1) is 14.0. The van der Waals surface area contributed by atoms with Gasteiger partial charge in [0.25, 0.3) is 0 Å². The third-order valence-electron chi connectivity index (χ3n) is 2.40. The summed E-state index contributed by atoms with van der Waals surface area (Å²) in [5, 5.41) is 4.58. The number of nitrogens with one attached hydrogen (secondary N) is 1. The van der Waals surface area contributed by atoms with Gasteiger partial charge in [-0.25, -0.2) is 4.98 Å². The number of thioether (sulfide) groups is 1. The smallest absolute Gasteiger partial charge is 0.110 e. The van der Waals surface area contributed by atoms with Gasteiger partial charge in [-0.2, -0.15) is 0 Å². The van der Waals surface area contributed by atoms with E-state index in [-0.39, 0.29) is 0 Å². The van der Waals surface area contributed by atoms with Crippen LogP contribution in [0.1, 0.15) is 20.8 Å². The zero-order valence-electron chi connectivity index (χ0n) is 10.0. The van der Waals surface area contributed by atoms with Crippen LogP contribution in [0.3, 0.4) is 0 Å². The van der Waals surface area contributed by atoms with Gasteiger partial charge in [0.1, 0.15) is 5.03 Å². The van der Waals surface area contributed by atoms with E-state index in [1.807, 2.05) is 18.3 Å². The first-order valence-electron chi connectivity index (χ1n) is 5.61. The van der Waals surface area contributed by atoms with Gasteiger partial charge in [0, 0.05) is 22.5 Å². The van der Waals surface area contributed by atoms with Crippen molar-refractivity contribution in [2.45, 2.75) is 31.8 Å². The first-order valence-corrected chi connectivity index (χ1v) is 7.39. The van der Waals surface area contributed by atoms with Crippen molar-refractivity contribution in [3.63, 3.8) is 0 Å². The fourth-order valence-corrected chi connectivity index (χ4v) is 3.18. The molecule has 2 nitrogen and oxygen atoms in total. The van der Waals surface area contributed by atoms with E-state index in [1.165, 1.54) is 0 Å². The van der Waals surface area contributed by atoms with Crippen LogP contribution in [0.5, 0.6) is 0 Å². The lowest BCUT2D eigenvalue weighted by molar-refractivity contribution is 0.443. The van der Waals surface area contributed by atoms with Crippen LogP contribution < -0.4 is 5.32 Å². The van der Waals surface area contributed by atoms with E-state index in [4.69, 9.17) is 0 Å². The number of halogens is 1. The zero-order valence-corrected chi connectivity index (χ0v) is 12.4. The number of hydrogen-bond donors (Lipinski definition) is 1. The molecule has 4 heteroatoms. The van der Waals surface area contributed by atoms with Gasteiger partial charge in [-0.3, -0.25) is 0 Å². The Labute approximate surface area is 111 Å². The minimum absolute atomic E-state index is 0.545. The van der Waals surface area contributed by atoms with Crippen LogP contribution in [0.25, 0.3) is 0 Å². The summed E-state index contributed by atoms with van der Waals surface area (Å²) in [5.41, 5.74) is 0. The summed E-state index contributed by atoms with van der Waals surface area (Å²) in [4.78, 5) is 4.36. The fraction of sp³-hybridized carbons (Fsp3) is 0.583. The molecule has 0 aliphatic rings. The molecule has 0 aliphatic heterocycles. The van der Waals surface area contributed by atoms with E-state index in [2.05, 4.69) is 47.0 Å². The highest BCUT2D eigenvalue weighted by molar-refractivity contribution is 9.10. The fourth-order valence-electron chi connectivity index (χ4n) is 1.40. The molecule has 0 bridgehead atoms. The van der Waals surface area contributed by atoms with Crippen molar-refractivity contribution in [3.05, 3.63) is 22.8 Å². The van der Waals surface area contributed by atoms with Crippen LogP contribution in [-0.2, 0) is 0 Å². The Bertz CT molecular complexity index is 318. The third-order valence-corrected chi connectivity index (χ3v) is 4.42. The average Bonchev–Trinajstić information content (AvgIpc) is 2.26. The lowest BCUT2D eigenvalue weighted by Crippen LogP contribution is -2.35. The van der Waals surface area contributed by atoms with Crippen LogP contribution in [0, 0.1) is 5.92 Å². The summed E-state index contributed by atoms with van der Waals surface area (Å²) in [5.74, 6) is 1.70. The van der Waals surface area contributed by atoms with Gasteiger partial charge < -0.3 is 5.32 Å². The maximum absolute atomic E-state index is 4.36. The molecular weight excluding hydrogens is 284 g/mol. The number of rotatable bonds is 6. The average molecular weight is 303 g/mol. The van der Waals surface area contributed by atoms with Crippen LogP contribution in [0.2, 0.25) is 0 Å². The Kier molecular flexibility index (Phi) is 6.39. The van der Waals surface area contributed by atoms with Crippen LogP contribution in [0.4, 0.5) is 0 Å². The van der Waals surface area contributed by atoms with Gasteiger partial charge >= 0.3 is 0 Å². The van der Waals surface area contributed by atoms with Gasteiger partial charge in [-0.1, -0.05) is 20.8 Å². The van der Waals surface area contributed by atoms with Crippen LogP contribution in [-0.4, -0.2) is 23.3 Å². The third kappa shape index (κ3) is 4.44. The van der Waals surface area contributed by atoms with Gasteiger partial charge in [-0.05, 0) is 40.5 Å². The second kappa shape index (κ2) is 7.30. The second-order valence-electron chi connectivity index (χ2n) is 4.01. The Morgan fingerprint density at radius 2 is 2.25 bits per heavy atom. The molecule has 1 aromatic heterocycles. The van der Waals surface area contributed by atoms with Gasteiger partial charge in [0.2, 0.25) is 0 Å². The standard InChI is InChI=1S/C12H19BrN2S/c1-4-14-11(9(2)3)8-16-12-10(13)6-5-7-15-12/h5-7,9,11,14H,4,8H2,1-3H3. The summed E-state index contributed by atoms with van der Waals surface area (Å²) in [7, 11) is 0. The van der Waals surface area contributed by atoms with Crippen molar-refractivity contribution >= 4 is 27.7 Å². The SMILES string of the molecule is CCNC(CSc1ncccc1Br)C(C)C.